The van der Waals surface area contributed by atoms with Crippen LogP contribution in [0.5, 0.6) is 5.75 Å². The lowest BCUT2D eigenvalue weighted by molar-refractivity contribution is -0.128. The van der Waals surface area contributed by atoms with E-state index in [0.29, 0.717) is 15.8 Å². The molecule has 3 rings (SSSR count). The van der Waals surface area contributed by atoms with Crippen LogP contribution < -0.4 is 10.1 Å². The molecule has 1 fully saturated rings. The van der Waals surface area contributed by atoms with Crippen molar-refractivity contribution in [3.8, 4) is 5.75 Å². The number of thioether (sulfide) groups is 1. The number of hydrogen-bond donors (Lipinski definition) is 1. The maximum atomic E-state index is 12.6. The Morgan fingerprint density at radius 3 is 2.56 bits per heavy atom. The second kappa shape index (κ2) is 8.83. The van der Waals surface area contributed by atoms with E-state index in [0.717, 1.165) is 16.9 Å². The van der Waals surface area contributed by atoms with Crippen LogP contribution in [0.1, 0.15) is 11.1 Å². The summed E-state index contributed by atoms with van der Waals surface area (Å²) in [6, 6.07) is 17.0. The Labute approximate surface area is 167 Å². The number of carbonyl (C=O) groups is 2. The summed E-state index contributed by atoms with van der Waals surface area (Å²) < 4.78 is 5.51. The molecule has 5 nitrogen and oxygen atoms in total. The molecule has 0 bridgehead atoms. The van der Waals surface area contributed by atoms with Crippen LogP contribution in [0.2, 0.25) is 0 Å². The Balaban J connectivity index is 1.61. The molecule has 0 aromatic heterocycles. The van der Waals surface area contributed by atoms with Gasteiger partial charge >= 0.3 is 0 Å². The number of nitrogens with one attached hydrogen (secondary N) is 1. The molecule has 2 aromatic rings. The Kier molecular flexibility index (Phi) is 6.26. The molecule has 0 aliphatic carbocycles. The highest BCUT2D eigenvalue weighted by Crippen LogP contribution is 2.32. The van der Waals surface area contributed by atoms with Crippen LogP contribution in [-0.4, -0.2) is 34.7 Å². The van der Waals surface area contributed by atoms with Crippen molar-refractivity contribution in [1.29, 1.82) is 0 Å². The van der Waals surface area contributed by atoms with Gasteiger partial charge in [0.1, 0.15) is 16.6 Å². The van der Waals surface area contributed by atoms with Crippen molar-refractivity contribution in [2.24, 2.45) is 0 Å². The minimum Gasteiger partial charge on any atom is -0.497 e. The Bertz CT molecular complexity index is 880. The zero-order chi connectivity index (χ0) is 19.2. The lowest BCUT2D eigenvalue weighted by Gasteiger charge is -2.14. The van der Waals surface area contributed by atoms with E-state index in [2.05, 4.69) is 5.32 Å². The van der Waals surface area contributed by atoms with E-state index in [4.69, 9.17) is 17.0 Å². The first-order chi connectivity index (χ1) is 13.1. The van der Waals surface area contributed by atoms with Crippen molar-refractivity contribution >= 4 is 46.2 Å². The number of carbonyl (C=O) groups excluding carboxylic acids is 2. The highest BCUT2D eigenvalue weighted by molar-refractivity contribution is 8.26. The van der Waals surface area contributed by atoms with Gasteiger partial charge in [-0.15, -0.1) is 0 Å². The first-order valence-electron chi connectivity index (χ1n) is 8.27. The molecule has 0 radical (unpaired) electrons. The van der Waals surface area contributed by atoms with Crippen LogP contribution in [-0.2, 0) is 16.1 Å². The summed E-state index contributed by atoms with van der Waals surface area (Å²) in [7, 11) is 1.60. The van der Waals surface area contributed by atoms with Gasteiger partial charge in [-0.2, -0.15) is 0 Å². The van der Waals surface area contributed by atoms with Gasteiger partial charge in [0.15, 0.2) is 0 Å². The number of nitrogens with zero attached hydrogens (tertiary/aromatic N) is 1. The number of hydrogen-bond acceptors (Lipinski definition) is 5. The van der Waals surface area contributed by atoms with Crippen molar-refractivity contribution in [3.63, 3.8) is 0 Å². The standard InChI is InChI=1S/C20H18N2O3S2/c1-25-16-9-7-14(8-10-16)11-17-19(24)22(20(26)27-17)13-18(23)21-12-15-5-3-2-4-6-15/h2-11H,12-13H2,1H3,(H,21,23). The fourth-order valence-corrected chi connectivity index (χ4v) is 3.74. The van der Waals surface area contributed by atoms with Gasteiger partial charge in [0.25, 0.3) is 5.91 Å². The van der Waals surface area contributed by atoms with E-state index in [-0.39, 0.29) is 18.4 Å². The molecule has 2 amide bonds. The molecule has 1 N–H and O–H groups in total. The number of ether oxygens (including phenoxy) is 1. The lowest BCUT2D eigenvalue weighted by Crippen LogP contribution is -2.39. The predicted molar refractivity (Wildman–Crippen MR) is 111 cm³/mol. The maximum Gasteiger partial charge on any atom is 0.266 e. The summed E-state index contributed by atoms with van der Waals surface area (Å²) in [6.07, 6.45) is 1.76. The van der Waals surface area contributed by atoms with Crippen LogP contribution in [0.4, 0.5) is 0 Å². The van der Waals surface area contributed by atoms with E-state index in [9.17, 15) is 9.59 Å². The van der Waals surface area contributed by atoms with Crippen LogP contribution in [0.15, 0.2) is 59.5 Å². The first kappa shape index (κ1) is 19.1. The van der Waals surface area contributed by atoms with Gasteiger partial charge in [-0.05, 0) is 29.3 Å². The topological polar surface area (TPSA) is 58.6 Å². The van der Waals surface area contributed by atoms with Gasteiger partial charge < -0.3 is 10.1 Å². The molecule has 7 heteroatoms. The summed E-state index contributed by atoms with van der Waals surface area (Å²) in [5.41, 5.74) is 1.86. The second-order valence-electron chi connectivity index (χ2n) is 5.80. The molecule has 138 valence electrons. The van der Waals surface area contributed by atoms with Crippen molar-refractivity contribution in [1.82, 2.24) is 10.2 Å². The number of rotatable bonds is 6. The quantitative estimate of drug-likeness (QED) is 0.598. The lowest BCUT2D eigenvalue weighted by atomic mass is 10.2. The van der Waals surface area contributed by atoms with E-state index in [1.807, 2.05) is 54.6 Å². The number of thiocarbonyl (C=S) groups is 1. The fourth-order valence-electron chi connectivity index (χ4n) is 2.48. The largest absolute Gasteiger partial charge is 0.497 e. The monoisotopic (exact) mass is 398 g/mol. The highest BCUT2D eigenvalue weighted by atomic mass is 32.2. The summed E-state index contributed by atoms with van der Waals surface area (Å²) in [6.45, 7) is 0.327. The van der Waals surface area contributed by atoms with Crippen molar-refractivity contribution in [2.75, 3.05) is 13.7 Å². The van der Waals surface area contributed by atoms with E-state index in [1.54, 1.807) is 13.2 Å². The minimum absolute atomic E-state index is 0.0859. The van der Waals surface area contributed by atoms with Crippen molar-refractivity contribution in [3.05, 3.63) is 70.6 Å². The maximum absolute atomic E-state index is 12.6. The molecular formula is C20H18N2O3S2. The molecule has 0 saturated carbocycles. The van der Waals surface area contributed by atoms with Crippen molar-refractivity contribution in [2.45, 2.75) is 6.54 Å². The minimum atomic E-state index is -0.254. The van der Waals surface area contributed by atoms with Crippen LogP contribution in [0.3, 0.4) is 0 Å². The average molecular weight is 399 g/mol. The first-order valence-corrected chi connectivity index (χ1v) is 9.49. The average Bonchev–Trinajstić information content (AvgIpc) is 2.95. The highest BCUT2D eigenvalue weighted by Gasteiger charge is 2.33. The van der Waals surface area contributed by atoms with Gasteiger partial charge in [0, 0.05) is 6.54 Å². The smallest absolute Gasteiger partial charge is 0.266 e. The predicted octanol–water partition coefficient (Wildman–Crippen LogP) is 3.21. The van der Waals surface area contributed by atoms with E-state index < -0.39 is 0 Å². The van der Waals surface area contributed by atoms with E-state index in [1.165, 1.54) is 16.7 Å². The molecular weight excluding hydrogens is 380 g/mol. The van der Waals surface area contributed by atoms with Crippen LogP contribution in [0, 0.1) is 0 Å². The number of methoxy groups -OCH3 is 1. The fraction of sp³-hybridized carbons (Fsp3) is 0.150. The molecule has 1 heterocycles. The van der Waals surface area contributed by atoms with Gasteiger partial charge in [-0.1, -0.05) is 66.4 Å². The molecule has 27 heavy (non-hydrogen) atoms. The normalized spacial score (nSPS) is 15.3. The summed E-state index contributed by atoms with van der Waals surface area (Å²) in [5, 5.41) is 2.81. The SMILES string of the molecule is COc1ccc(C=C2SC(=S)N(CC(=O)NCc3ccccc3)C2=O)cc1. The zero-order valence-electron chi connectivity index (χ0n) is 14.7. The van der Waals surface area contributed by atoms with Crippen LogP contribution >= 0.6 is 24.0 Å². The van der Waals surface area contributed by atoms with E-state index >= 15 is 0 Å². The molecule has 1 aliphatic rings. The third-order valence-electron chi connectivity index (χ3n) is 3.92. The zero-order valence-corrected chi connectivity index (χ0v) is 16.3. The molecule has 1 saturated heterocycles. The molecule has 0 unspecified atom stereocenters. The Morgan fingerprint density at radius 2 is 1.89 bits per heavy atom. The third kappa shape index (κ3) is 4.96. The number of amides is 2. The van der Waals surface area contributed by atoms with Gasteiger partial charge in [-0.3, -0.25) is 14.5 Å². The molecule has 0 atom stereocenters. The Morgan fingerprint density at radius 1 is 1.19 bits per heavy atom. The summed E-state index contributed by atoms with van der Waals surface area (Å²) in [5.74, 6) is 0.242. The Hall–Kier alpha value is -2.64. The molecule has 0 spiro atoms. The van der Waals surface area contributed by atoms with Gasteiger partial charge in [0.2, 0.25) is 5.91 Å². The third-order valence-corrected chi connectivity index (χ3v) is 5.30. The summed E-state index contributed by atoms with van der Waals surface area (Å²) in [4.78, 5) is 26.6. The van der Waals surface area contributed by atoms with Crippen LogP contribution in [0.25, 0.3) is 6.08 Å². The molecule has 1 aliphatic heterocycles. The molecule has 2 aromatic carbocycles. The van der Waals surface area contributed by atoms with Gasteiger partial charge in [-0.25, -0.2) is 0 Å². The second-order valence-corrected chi connectivity index (χ2v) is 7.48. The van der Waals surface area contributed by atoms with Crippen molar-refractivity contribution < 1.29 is 14.3 Å². The number of benzene rings is 2. The summed E-state index contributed by atoms with van der Waals surface area (Å²) >= 11 is 6.47. The van der Waals surface area contributed by atoms with Gasteiger partial charge in [0.05, 0.1) is 12.0 Å².